The van der Waals surface area contributed by atoms with Crippen LogP contribution in [0.5, 0.6) is 0 Å². The molecule has 3 nitrogen and oxygen atoms in total. The standard InChI is InChI=1S/C27H31N2O/c1-17(2)15-21-11-13-23-22-12-9-18(3)25(26(22)30-27(23)28-21)24-14-10-20(16-29(24)4)19-7-5-6-8-19/h9-14,16-17,19H,5-8,15H2,1-4H3/q+1. The van der Waals surface area contributed by atoms with Gasteiger partial charge >= 0.3 is 0 Å². The van der Waals surface area contributed by atoms with Crippen molar-refractivity contribution in [1.29, 1.82) is 0 Å². The normalized spacial score (nSPS) is 15.1. The van der Waals surface area contributed by atoms with Gasteiger partial charge in [0, 0.05) is 28.1 Å². The average molecular weight is 400 g/mol. The summed E-state index contributed by atoms with van der Waals surface area (Å²) in [4.78, 5) is 4.83. The first-order chi connectivity index (χ1) is 14.5. The highest BCUT2D eigenvalue weighted by Gasteiger charge is 2.24. The van der Waals surface area contributed by atoms with Crippen molar-refractivity contribution in [3.8, 4) is 11.3 Å². The number of furan rings is 1. The van der Waals surface area contributed by atoms with Crippen molar-refractivity contribution < 1.29 is 8.98 Å². The Kier molecular flexibility index (Phi) is 4.85. The van der Waals surface area contributed by atoms with Crippen LogP contribution in [-0.4, -0.2) is 4.98 Å². The molecule has 1 aliphatic carbocycles. The van der Waals surface area contributed by atoms with E-state index in [1.165, 1.54) is 48.1 Å². The number of nitrogens with zero attached hydrogens (tertiary/aromatic N) is 2. The largest absolute Gasteiger partial charge is 0.437 e. The van der Waals surface area contributed by atoms with Gasteiger partial charge in [-0.1, -0.05) is 38.8 Å². The van der Waals surface area contributed by atoms with E-state index in [1.54, 1.807) is 0 Å². The molecular formula is C27H31N2O+. The lowest BCUT2D eigenvalue weighted by Gasteiger charge is -2.10. The molecular weight excluding hydrogens is 368 g/mol. The zero-order chi connectivity index (χ0) is 20.8. The smallest absolute Gasteiger partial charge is 0.227 e. The monoisotopic (exact) mass is 399 g/mol. The van der Waals surface area contributed by atoms with Crippen LogP contribution >= 0.6 is 0 Å². The minimum Gasteiger partial charge on any atom is -0.437 e. The maximum atomic E-state index is 6.40. The molecule has 154 valence electrons. The quantitative estimate of drug-likeness (QED) is 0.360. The summed E-state index contributed by atoms with van der Waals surface area (Å²) in [5, 5.41) is 2.25. The van der Waals surface area contributed by atoms with Gasteiger partial charge in [-0.25, -0.2) is 9.55 Å². The van der Waals surface area contributed by atoms with Crippen LogP contribution in [0.15, 0.2) is 47.0 Å². The number of hydrogen-bond donors (Lipinski definition) is 0. The molecule has 0 bridgehead atoms. The minimum atomic E-state index is 0.578. The van der Waals surface area contributed by atoms with Crippen molar-refractivity contribution in [2.45, 2.75) is 58.8 Å². The van der Waals surface area contributed by atoms with E-state index in [0.29, 0.717) is 5.92 Å². The summed E-state index contributed by atoms with van der Waals surface area (Å²) in [5.41, 5.74) is 7.86. The molecule has 4 aromatic rings. The Bertz CT molecular complexity index is 1230. The van der Waals surface area contributed by atoms with Crippen LogP contribution < -0.4 is 4.57 Å². The van der Waals surface area contributed by atoms with Crippen LogP contribution in [-0.2, 0) is 13.5 Å². The van der Waals surface area contributed by atoms with E-state index in [-0.39, 0.29) is 0 Å². The summed E-state index contributed by atoms with van der Waals surface area (Å²) < 4.78 is 8.68. The fourth-order valence-electron chi connectivity index (χ4n) is 5.10. The summed E-state index contributed by atoms with van der Waals surface area (Å²) in [6, 6.07) is 13.3. The van der Waals surface area contributed by atoms with Gasteiger partial charge in [-0.15, -0.1) is 0 Å². The second-order valence-corrected chi connectivity index (χ2v) is 9.43. The van der Waals surface area contributed by atoms with E-state index in [0.717, 1.165) is 40.1 Å². The van der Waals surface area contributed by atoms with Crippen molar-refractivity contribution in [2.24, 2.45) is 13.0 Å². The van der Waals surface area contributed by atoms with Crippen LogP contribution in [0.4, 0.5) is 0 Å². The molecule has 3 heterocycles. The third-order valence-corrected chi connectivity index (χ3v) is 6.63. The summed E-state index contributed by atoms with van der Waals surface area (Å²) in [6.45, 7) is 6.62. The van der Waals surface area contributed by atoms with Crippen LogP contribution in [0.3, 0.4) is 0 Å². The van der Waals surface area contributed by atoms with Gasteiger partial charge in [0.2, 0.25) is 11.4 Å². The highest BCUT2D eigenvalue weighted by atomic mass is 16.3. The fourth-order valence-corrected chi connectivity index (χ4v) is 5.10. The summed E-state index contributed by atoms with van der Waals surface area (Å²) in [5.74, 6) is 1.30. The van der Waals surface area contributed by atoms with Crippen LogP contribution in [0.2, 0.25) is 0 Å². The molecule has 0 saturated heterocycles. The second-order valence-electron chi connectivity index (χ2n) is 9.43. The molecule has 1 fully saturated rings. The molecule has 0 N–H and O–H groups in total. The van der Waals surface area contributed by atoms with Crippen molar-refractivity contribution in [1.82, 2.24) is 4.98 Å². The summed E-state index contributed by atoms with van der Waals surface area (Å²) in [7, 11) is 2.16. The first-order valence-electron chi connectivity index (χ1n) is 11.3. The second kappa shape index (κ2) is 7.54. The molecule has 0 atom stereocenters. The molecule has 1 saturated carbocycles. The molecule has 0 unspecified atom stereocenters. The number of fused-ring (bicyclic) bond motifs is 3. The lowest BCUT2D eigenvalue weighted by Crippen LogP contribution is -2.31. The predicted molar refractivity (Wildman–Crippen MR) is 123 cm³/mol. The number of aromatic nitrogens is 2. The number of rotatable bonds is 4. The molecule has 0 radical (unpaired) electrons. The van der Waals surface area contributed by atoms with Gasteiger partial charge in [-0.3, -0.25) is 0 Å². The maximum absolute atomic E-state index is 6.40. The van der Waals surface area contributed by atoms with E-state index in [2.05, 4.69) is 75.0 Å². The van der Waals surface area contributed by atoms with Crippen LogP contribution in [0.1, 0.15) is 62.3 Å². The van der Waals surface area contributed by atoms with E-state index in [4.69, 9.17) is 9.40 Å². The first kappa shape index (κ1) is 19.3. The summed E-state index contributed by atoms with van der Waals surface area (Å²) in [6.07, 6.45) is 8.66. The van der Waals surface area contributed by atoms with Crippen molar-refractivity contribution in [3.63, 3.8) is 0 Å². The van der Waals surface area contributed by atoms with Gasteiger partial charge < -0.3 is 4.42 Å². The Morgan fingerprint density at radius 2 is 1.80 bits per heavy atom. The van der Waals surface area contributed by atoms with Gasteiger partial charge in [0.05, 0.1) is 5.56 Å². The van der Waals surface area contributed by atoms with Crippen LogP contribution in [0, 0.1) is 12.8 Å². The lowest BCUT2D eigenvalue weighted by molar-refractivity contribution is -0.660. The van der Waals surface area contributed by atoms with Gasteiger partial charge in [-0.05, 0) is 61.8 Å². The molecule has 3 heteroatoms. The molecule has 3 aromatic heterocycles. The van der Waals surface area contributed by atoms with E-state index in [1.807, 2.05) is 0 Å². The SMILES string of the molecule is Cc1ccc2c(oc3nc(CC(C)C)ccc32)c1-c1ccc(C2CCCC2)c[n+]1C. The average Bonchev–Trinajstić information content (AvgIpc) is 3.35. The van der Waals surface area contributed by atoms with E-state index in [9.17, 15) is 0 Å². The van der Waals surface area contributed by atoms with Crippen molar-refractivity contribution >= 4 is 22.1 Å². The summed E-state index contributed by atoms with van der Waals surface area (Å²) >= 11 is 0. The predicted octanol–water partition coefficient (Wildman–Crippen LogP) is 6.64. The van der Waals surface area contributed by atoms with Gasteiger partial charge in [-0.2, -0.15) is 0 Å². The Hall–Kier alpha value is -2.68. The molecule has 0 amide bonds. The number of pyridine rings is 2. The third kappa shape index (κ3) is 3.30. The topological polar surface area (TPSA) is 29.9 Å². The number of benzene rings is 1. The zero-order valence-electron chi connectivity index (χ0n) is 18.5. The lowest BCUT2D eigenvalue weighted by atomic mass is 9.96. The Morgan fingerprint density at radius 1 is 1.03 bits per heavy atom. The van der Waals surface area contributed by atoms with Crippen molar-refractivity contribution in [2.75, 3.05) is 0 Å². The molecule has 1 aromatic carbocycles. The minimum absolute atomic E-state index is 0.578. The van der Waals surface area contributed by atoms with Gasteiger partial charge in [0.15, 0.2) is 11.8 Å². The van der Waals surface area contributed by atoms with Gasteiger partial charge in [0.1, 0.15) is 7.05 Å². The molecule has 5 rings (SSSR count). The first-order valence-corrected chi connectivity index (χ1v) is 11.3. The van der Waals surface area contributed by atoms with E-state index >= 15 is 0 Å². The van der Waals surface area contributed by atoms with Gasteiger partial charge in [0.25, 0.3) is 0 Å². The Labute approximate surface area is 178 Å². The van der Waals surface area contributed by atoms with E-state index < -0.39 is 0 Å². The molecule has 30 heavy (non-hydrogen) atoms. The zero-order valence-corrected chi connectivity index (χ0v) is 18.5. The Balaban J connectivity index is 1.65. The molecule has 0 aliphatic heterocycles. The maximum Gasteiger partial charge on any atom is 0.227 e. The molecule has 0 spiro atoms. The third-order valence-electron chi connectivity index (χ3n) is 6.63. The molecule has 1 aliphatic rings. The number of aryl methyl sites for hydroxylation is 2. The van der Waals surface area contributed by atoms with Crippen molar-refractivity contribution in [3.05, 3.63) is 59.4 Å². The number of hydrogen-bond acceptors (Lipinski definition) is 2. The van der Waals surface area contributed by atoms with Crippen LogP contribution in [0.25, 0.3) is 33.3 Å². The Morgan fingerprint density at radius 3 is 2.53 bits per heavy atom. The highest BCUT2D eigenvalue weighted by molar-refractivity contribution is 6.08. The highest BCUT2D eigenvalue weighted by Crippen LogP contribution is 2.38. The fraction of sp³-hybridized carbons (Fsp3) is 0.407.